The fourth-order valence-corrected chi connectivity index (χ4v) is 3.05. The molecule has 0 aliphatic carbocycles. The third-order valence-corrected chi connectivity index (χ3v) is 4.44. The van der Waals surface area contributed by atoms with Gasteiger partial charge in [0.25, 0.3) is 0 Å². The number of aromatic nitrogens is 2. The van der Waals surface area contributed by atoms with Gasteiger partial charge in [0.15, 0.2) is 0 Å². The van der Waals surface area contributed by atoms with E-state index in [-0.39, 0.29) is 11.3 Å². The summed E-state index contributed by atoms with van der Waals surface area (Å²) in [7, 11) is 0. The zero-order chi connectivity index (χ0) is 15.6. The number of benzene rings is 1. The Kier molecular flexibility index (Phi) is 3.92. The molecule has 2 heterocycles. The molecule has 1 atom stereocenters. The van der Waals surface area contributed by atoms with E-state index in [9.17, 15) is 4.79 Å². The van der Waals surface area contributed by atoms with E-state index in [1.807, 2.05) is 17.9 Å². The molecule has 1 aromatic carbocycles. The van der Waals surface area contributed by atoms with Crippen LogP contribution in [0.25, 0.3) is 0 Å². The van der Waals surface area contributed by atoms with Gasteiger partial charge >= 0.3 is 0 Å². The molecule has 114 valence electrons. The second-order valence-electron chi connectivity index (χ2n) is 6.33. The Morgan fingerprint density at radius 1 is 1.18 bits per heavy atom. The van der Waals surface area contributed by atoms with E-state index >= 15 is 0 Å². The molecule has 0 bridgehead atoms. The van der Waals surface area contributed by atoms with Crippen molar-refractivity contribution in [2.75, 3.05) is 6.54 Å². The molecule has 4 nitrogen and oxygen atoms in total. The van der Waals surface area contributed by atoms with Gasteiger partial charge in [0.05, 0.1) is 24.1 Å². The fourth-order valence-electron chi connectivity index (χ4n) is 3.05. The van der Waals surface area contributed by atoms with Crippen LogP contribution in [0.3, 0.4) is 0 Å². The predicted molar refractivity (Wildman–Crippen MR) is 85.2 cm³/mol. The van der Waals surface area contributed by atoms with Crippen LogP contribution in [0.2, 0.25) is 0 Å². The van der Waals surface area contributed by atoms with Crippen molar-refractivity contribution in [1.29, 1.82) is 0 Å². The minimum atomic E-state index is 0.00724. The molecule has 1 amide bonds. The zero-order valence-corrected chi connectivity index (χ0v) is 13.1. The smallest absolute Gasteiger partial charge is 0.222 e. The molecule has 0 N–H and O–H groups in total. The molecule has 1 unspecified atom stereocenters. The Bertz CT molecular complexity index is 654. The summed E-state index contributed by atoms with van der Waals surface area (Å²) in [6.45, 7) is 5.41. The highest BCUT2D eigenvalue weighted by Gasteiger charge is 2.36. The zero-order valence-electron chi connectivity index (χ0n) is 13.1. The average molecular weight is 295 g/mol. The topological polar surface area (TPSA) is 46.1 Å². The number of piperidine rings is 1. The molecule has 3 rings (SSSR count). The van der Waals surface area contributed by atoms with Gasteiger partial charge in [-0.15, -0.1) is 0 Å². The molecule has 1 saturated heterocycles. The monoisotopic (exact) mass is 295 g/mol. The first-order valence-corrected chi connectivity index (χ1v) is 7.68. The van der Waals surface area contributed by atoms with Crippen LogP contribution in [0.4, 0.5) is 0 Å². The van der Waals surface area contributed by atoms with Crippen LogP contribution >= 0.6 is 0 Å². The number of hydrogen-bond acceptors (Lipinski definition) is 3. The van der Waals surface area contributed by atoms with E-state index in [2.05, 4.69) is 41.2 Å². The van der Waals surface area contributed by atoms with E-state index in [0.29, 0.717) is 13.0 Å². The molecule has 1 aromatic heterocycles. The number of carbonyl (C=O) groups excluding carboxylic acids is 1. The highest BCUT2D eigenvalue weighted by Crippen LogP contribution is 2.34. The molecule has 1 fully saturated rings. The standard InChI is InChI=1S/C18H21N3O/c1-14-10-20-16(11-19-14)12-21-13-18(2,9-8-17(21)22)15-6-4-3-5-7-15/h3-7,10-11H,8-9,12-13H2,1-2H3. The molecule has 1 aliphatic heterocycles. The molecule has 0 spiro atoms. The summed E-state index contributed by atoms with van der Waals surface area (Å²) >= 11 is 0. The molecule has 22 heavy (non-hydrogen) atoms. The highest BCUT2D eigenvalue weighted by atomic mass is 16.2. The Morgan fingerprint density at radius 2 is 1.95 bits per heavy atom. The van der Waals surface area contributed by atoms with Gasteiger partial charge in [0.1, 0.15) is 0 Å². The summed E-state index contributed by atoms with van der Waals surface area (Å²) in [4.78, 5) is 22.8. The van der Waals surface area contributed by atoms with E-state index in [0.717, 1.165) is 24.4 Å². The van der Waals surface area contributed by atoms with E-state index in [1.54, 1.807) is 12.4 Å². The number of rotatable bonds is 3. The van der Waals surface area contributed by atoms with Gasteiger partial charge < -0.3 is 4.90 Å². The van der Waals surface area contributed by atoms with Gasteiger partial charge in [-0.2, -0.15) is 0 Å². The van der Waals surface area contributed by atoms with Crippen molar-refractivity contribution >= 4 is 5.91 Å². The van der Waals surface area contributed by atoms with Crippen LogP contribution in [0.5, 0.6) is 0 Å². The summed E-state index contributed by atoms with van der Waals surface area (Å²) in [5.41, 5.74) is 3.04. The third-order valence-electron chi connectivity index (χ3n) is 4.44. The molecular weight excluding hydrogens is 274 g/mol. The number of hydrogen-bond donors (Lipinski definition) is 0. The van der Waals surface area contributed by atoms with Crippen LogP contribution in [0.1, 0.15) is 36.7 Å². The first-order valence-electron chi connectivity index (χ1n) is 7.68. The summed E-state index contributed by atoms with van der Waals surface area (Å²) in [5, 5.41) is 0. The Labute approximate surface area is 131 Å². The SMILES string of the molecule is Cc1cnc(CN2CC(C)(c3ccccc3)CCC2=O)cn1. The second-order valence-corrected chi connectivity index (χ2v) is 6.33. The van der Waals surface area contributed by atoms with E-state index in [1.165, 1.54) is 5.56 Å². The van der Waals surface area contributed by atoms with Gasteiger partial charge in [0, 0.05) is 24.6 Å². The summed E-state index contributed by atoms with van der Waals surface area (Å²) in [6.07, 6.45) is 4.99. The van der Waals surface area contributed by atoms with Crippen LogP contribution in [0.15, 0.2) is 42.7 Å². The lowest BCUT2D eigenvalue weighted by atomic mass is 9.75. The number of aryl methyl sites for hydroxylation is 1. The van der Waals surface area contributed by atoms with Gasteiger partial charge in [-0.3, -0.25) is 14.8 Å². The quantitative estimate of drug-likeness (QED) is 0.874. The predicted octanol–water partition coefficient (Wildman–Crippen LogP) is 2.87. The van der Waals surface area contributed by atoms with Gasteiger partial charge in [0.2, 0.25) is 5.91 Å². The molecule has 4 heteroatoms. The van der Waals surface area contributed by atoms with Crippen LogP contribution in [0, 0.1) is 6.92 Å². The number of likely N-dealkylation sites (tertiary alicyclic amines) is 1. The summed E-state index contributed by atoms with van der Waals surface area (Å²) in [5.74, 6) is 0.204. The Balaban J connectivity index is 1.79. The Morgan fingerprint density at radius 3 is 2.64 bits per heavy atom. The molecule has 1 aliphatic rings. The molecule has 0 radical (unpaired) electrons. The number of nitrogens with zero attached hydrogens (tertiary/aromatic N) is 3. The average Bonchev–Trinajstić information content (AvgIpc) is 2.54. The number of carbonyl (C=O) groups is 1. The van der Waals surface area contributed by atoms with Crippen LogP contribution in [-0.2, 0) is 16.8 Å². The summed E-state index contributed by atoms with van der Waals surface area (Å²) in [6, 6.07) is 10.5. The summed E-state index contributed by atoms with van der Waals surface area (Å²) < 4.78 is 0. The van der Waals surface area contributed by atoms with Crippen molar-refractivity contribution in [3.05, 3.63) is 59.7 Å². The van der Waals surface area contributed by atoms with Gasteiger partial charge in [-0.1, -0.05) is 37.3 Å². The van der Waals surface area contributed by atoms with E-state index < -0.39 is 0 Å². The van der Waals surface area contributed by atoms with Crippen molar-refractivity contribution in [3.63, 3.8) is 0 Å². The largest absolute Gasteiger partial charge is 0.336 e. The van der Waals surface area contributed by atoms with Gasteiger partial charge in [-0.25, -0.2) is 0 Å². The van der Waals surface area contributed by atoms with Crippen molar-refractivity contribution in [3.8, 4) is 0 Å². The molecule has 0 saturated carbocycles. The maximum atomic E-state index is 12.3. The third kappa shape index (κ3) is 3.01. The Hall–Kier alpha value is -2.23. The fraction of sp³-hybridized carbons (Fsp3) is 0.389. The second kappa shape index (κ2) is 5.87. The lowest BCUT2D eigenvalue weighted by Gasteiger charge is -2.40. The highest BCUT2D eigenvalue weighted by molar-refractivity contribution is 5.77. The lowest BCUT2D eigenvalue weighted by molar-refractivity contribution is -0.136. The van der Waals surface area contributed by atoms with Crippen LogP contribution in [-0.4, -0.2) is 27.3 Å². The molecule has 2 aromatic rings. The maximum Gasteiger partial charge on any atom is 0.222 e. The van der Waals surface area contributed by atoms with Crippen molar-refractivity contribution < 1.29 is 4.79 Å². The minimum Gasteiger partial charge on any atom is -0.336 e. The van der Waals surface area contributed by atoms with Crippen molar-refractivity contribution in [1.82, 2.24) is 14.9 Å². The normalized spacial score (nSPS) is 21.9. The van der Waals surface area contributed by atoms with Crippen LogP contribution < -0.4 is 0 Å². The van der Waals surface area contributed by atoms with Gasteiger partial charge in [-0.05, 0) is 18.9 Å². The maximum absolute atomic E-state index is 12.3. The lowest BCUT2D eigenvalue weighted by Crippen LogP contribution is -2.47. The number of amides is 1. The first kappa shape index (κ1) is 14.7. The van der Waals surface area contributed by atoms with Crippen molar-refractivity contribution in [2.24, 2.45) is 0 Å². The first-order chi connectivity index (χ1) is 10.6. The minimum absolute atomic E-state index is 0.00724. The van der Waals surface area contributed by atoms with Crippen molar-refractivity contribution in [2.45, 2.75) is 38.6 Å². The van der Waals surface area contributed by atoms with E-state index in [4.69, 9.17) is 0 Å². The molecular formula is C18H21N3O.